The molecule has 3 heterocycles. The maximum absolute atomic E-state index is 6.18. The monoisotopic (exact) mass is 412 g/mol. The van der Waals surface area contributed by atoms with Crippen LogP contribution in [0.25, 0.3) is 10.9 Å². The first kappa shape index (κ1) is 21.3. The molecule has 2 fully saturated rings. The molecule has 6 heteroatoms. The molecule has 6 nitrogen and oxygen atoms in total. The van der Waals surface area contributed by atoms with Crippen molar-refractivity contribution in [2.75, 3.05) is 46.4 Å². The van der Waals surface area contributed by atoms with E-state index >= 15 is 0 Å². The molecule has 0 aliphatic carbocycles. The summed E-state index contributed by atoms with van der Waals surface area (Å²) in [5.74, 6) is 3.47. The maximum atomic E-state index is 6.18. The molecule has 0 spiro atoms. The van der Waals surface area contributed by atoms with Gasteiger partial charge in [-0.25, -0.2) is 9.97 Å². The Morgan fingerprint density at radius 1 is 1.10 bits per heavy atom. The predicted molar refractivity (Wildman–Crippen MR) is 121 cm³/mol. The van der Waals surface area contributed by atoms with Crippen molar-refractivity contribution in [2.45, 2.75) is 52.5 Å². The van der Waals surface area contributed by atoms with Crippen LogP contribution in [-0.4, -0.2) is 72.3 Å². The minimum absolute atomic E-state index is 0.468. The fraction of sp³-hybridized carbons (Fsp3) is 0.667. The van der Waals surface area contributed by atoms with Crippen LogP contribution in [0.2, 0.25) is 0 Å². The first-order valence-electron chi connectivity index (χ1n) is 11.4. The van der Waals surface area contributed by atoms with Crippen LogP contribution in [-0.2, 0) is 0 Å². The number of fused-ring (bicyclic) bond motifs is 1. The van der Waals surface area contributed by atoms with Gasteiger partial charge in [0.2, 0.25) is 0 Å². The van der Waals surface area contributed by atoms with Crippen LogP contribution in [0.3, 0.4) is 0 Å². The first-order chi connectivity index (χ1) is 14.5. The highest BCUT2D eigenvalue weighted by atomic mass is 16.5. The first-order valence-corrected chi connectivity index (χ1v) is 11.4. The van der Waals surface area contributed by atoms with Crippen LogP contribution in [0.1, 0.15) is 51.0 Å². The Kier molecular flexibility index (Phi) is 6.44. The number of nitrogens with zero attached hydrogens (tertiary/aromatic N) is 4. The predicted octanol–water partition coefficient (Wildman–Crippen LogP) is 3.87. The van der Waals surface area contributed by atoms with Gasteiger partial charge < -0.3 is 19.3 Å². The van der Waals surface area contributed by atoms with Gasteiger partial charge in [0.15, 0.2) is 11.5 Å². The Labute approximate surface area is 180 Å². The summed E-state index contributed by atoms with van der Waals surface area (Å²) >= 11 is 0. The number of hydrogen-bond donors (Lipinski definition) is 0. The SMILES string of the molecule is CCN1CC(COc2cc3nc(C)nc(C4CCN(C(C)C)CC4)c3cc2OC)C1. The number of likely N-dealkylation sites (tertiary alicyclic amines) is 2. The number of aryl methyl sites for hydroxylation is 1. The molecule has 0 radical (unpaired) electrons. The summed E-state index contributed by atoms with van der Waals surface area (Å²) in [6.45, 7) is 15.1. The Morgan fingerprint density at radius 3 is 2.47 bits per heavy atom. The number of methoxy groups -OCH3 is 1. The normalized spacial score (nSPS) is 19.4. The fourth-order valence-electron chi connectivity index (χ4n) is 4.80. The highest BCUT2D eigenvalue weighted by molar-refractivity contribution is 5.85. The molecular formula is C24H36N4O2. The highest BCUT2D eigenvalue weighted by Gasteiger charge is 2.27. The van der Waals surface area contributed by atoms with E-state index in [1.807, 2.05) is 13.0 Å². The van der Waals surface area contributed by atoms with Gasteiger partial charge in [-0.1, -0.05) is 6.92 Å². The lowest BCUT2D eigenvalue weighted by Gasteiger charge is -2.38. The molecule has 164 valence electrons. The summed E-state index contributed by atoms with van der Waals surface area (Å²) in [7, 11) is 1.71. The summed E-state index contributed by atoms with van der Waals surface area (Å²) in [6.07, 6.45) is 2.28. The third kappa shape index (κ3) is 4.40. The van der Waals surface area contributed by atoms with Crippen LogP contribution in [0.4, 0.5) is 0 Å². The van der Waals surface area contributed by atoms with E-state index < -0.39 is 0 Å². The second-order valence-corrected chi connectivity index (χ2v) is 9.11. The Balaban J connectivity index is 1.57. The van der Waals surface area contributed by atoms with Crippen molar-refractivity contribution in [1.82, 2.24) is 19.8 Å². The quantitative estimate of drug-likeness (QED) is 0.688. The lowest BCUT2D eigenvalue weighted by atomic mass is 9.90. The van der Waals surface area contributed by atoms with E-state index in [0.29, 0.717) is 17.9 Å². The molecule has 2 aliphatic heterocycles. The molecule has 0 unspecified atom stereocenters. The van der Waals surface area contributed by atoms with Gasteiger partial charge in [0, 0.05) is 42.4 Å². The average molecular weight is 413 g/mol. The molecule has 1 aromatic heterocycles. The number of ether oxygens (including phenoxy) is 2. The highest BCUT2D eigenvalue weighted by Crippen LogP contribution is 2.37. The van der Waals surface area contributed by atoms with Gasteiger partial charge in [0.05, 0.1) is 24.9 Å². The summed E-state index contributed by atoms with van der Waals surface area (Å²) < 4.78 is 11.9. The van der Waals surface area contributed by atoms with Crippen molar-refractivity contribution in [2.24, 2.45) is 5.92 Å². The zero-order chi connectivity index (χ0) is 21.3. The summed E-state index contributed by atoms with van der Waals surface area (Å²) in [5.41, 5.74) is 2.13. The van der Waals surface area contributed by atoms with Crippen LogP contribution >= 0.6 is 0 Å². The van der Waals surface area contributed by atoms with E-state index in [-0.39, 0.29) is 0 Å². The van der Waals surface area contributed by atoms with Crippen molar-refractivity contribution in [3.8, 4) is 11.5 Å². The Bertz CT molecular complexity index is 871. The minimum atomic E-state index is 0.468. The third-order valence-corrected chi connectivity index (χ3v) is 6.72. The standard InChI is InChI=1S/C24H36N4O2/c1-6-27-13-18(14-27)15-30-23-12-21-20(11-22(23)29-5)24(26-17(4)25-21)19-7-9-28(10-8-19)16(2)3/h11-12,16,18-19H,6-10,13-15H2,1-5H3. The van der Waals surface area contributed by atoms with E-state index in [1.165, 1.54) is 5.69 Å². The molecule has 30 heavy (non-hydrogen) atoms. The number of aromatic nitrogens is 2. The van der Waals surface area contributed by atoms with Gasteiger partial charge in [0.1, 0.15) is 5.82 Å². The van der Waals surface area contributed by atoms with Crippen LogP contribution < -0.4 is 9.47 Å². The molecule has 2 aromatic rings. The molecular weight excluding hydrogens is 376 g/mol. The van der Waals surface area contributed by atoms with Crippen molar-refractivity contribution in [3.63, 3.8) is 0 Å². The second-order valence-electron chi connectivity index (χ2n) is 9.11. The molecule has 1 aromatic carbocycles. The van der Waals surface area contributed by atoms with E-state index in [2.05, 4.69) is 36.6 Å². The summed E-state index contributed by atoms with van der Waals surface area (Å²) in [4.78, 5) is 14.6. The smallest absolute Gasteiger partial charge is 0.163 e. The van der Waals surface area contributed by atoms with E-state index in [1.54, 1.807) is 7.11 Å². The van der Waals surface area contributed by atoms with Crippen LogP contribution in [0.5, 0.6) is 11.5 Å². The van der Waals surface area contributed by atoms with E-state index in [0.717, 1.165) is 80.4 Å². The van der Waals surface area contributed by atoms with Crippen molar-refractivity contribution >= 4 is 10.9 Å². The van der Waals surface area contributed by atoms with E-state index in [9.17, 15) is 0 Å². The Hall–Kier alpha value is -1.92. The lowest BCUT2D eigenvalue weighted by Crippen LogP contribution is -2.48. The van der Waals surface area contributed by atoms with Crippen LogP contribution in [0, 0.1) is 12.8 Å². The van der Waals surface area contributed by atoms with Crippen LogP contribution in [0.15, 0.2) is 12.1 Å². The van der Waals surface area contributed by atoms with E-state index in [4.69, 9.17) is 19.4 Å². The molecule has 0 atom stereocenters. The van der Waals surface area contributed by atoms with Gasteiger partial charge in [0.25, 0.3) is 0 Å². The number of piperidine rings is 1. The largest absolute Gasteiger partial charge is 0.493 e. The van der Waals surface area contributed by atoms with Gasteiger partial charge in [-0.15, -0.1) is 0 Å². The molecule has 2 saturated heterocycles. The van der Waals surface area contributed by atoms with Gasteiger partial charge in [-0.3, -0.25) is 0 Å². The van der Waals surface area contributed by atoms with Crippen molar-refractivity contribution in [3.05, 3.63) is 23.7 Å². The number of hydrogen-bond acceptors (Lipinski definition) is 6. The average Bonchev–Trinajstić information content (AvgIpc) is 2.71. The lowest BCUT2D eigenvalue weighted by molar-refractivity contribution is 0.0662. The van der Waals surface area contributed by atoms with Gasteiger partial charge in [-0.05, 0) is 59.3 Å². The fourth-order valence-corrected chi connectivity index (χ4v) is 4.80. The molecule has 0 amide bonds. The van der Waals surface area contributed by atoms with Crippen molar-refractivity contribution in [1.29, 1.82) is 0 Å². The van der Waals surface area contributed by atoms with Gasteiger partial charge in [-0.2, -0.15) is 0 Å². The zero-order valence-electron chi connectivity index (χ0n) is 19.1. The molecule has 2 aliphatic rings. The number of benzene rings is 1. The van der Waals surface area contributed by atoms with Gasteiger partial charge >= 0.3 is 0 Å². The summed E-state index contributed by atoms with van der Waals surface area (Å²) in [6, 6.07) is 4.74. The Morgan fingerprint density at radius 2 is 1.83 bits per heavy atom. The minimum Gasteiger partial charge on any atom is -0.493 e. The zero-order valence-corrected chi connectivity index (χ0v) is 19.1. The topological polar surface area (TPSA) is 50.7 Å². The second kappa shape index (κ2) is 9.06. The molecule has 4 rings (SSSR count). The third-order valence-electron chi connectivity index (χ3n) is 6.72. The molecule has 0 bridgehead atoms. The van der Waals surface area contributed by atoms with Crippen molar-refractivity contribution < 1.29 is 9.47 Å². The number of rotatable bonds is 7. The molecule has 0 N–H and O–H groups in total. The molecule has 0 saturated carbocycles. The summed E-state index contributed by atoms with van der Waals surface area (Å²) in [5, 5.41) is 1.11. The maximum Gasteiger partial charge on any atom is 0.163 e.